The number of rotatable bonds is 7. The van der Waals surface area contributed by atoms with Crippen LogP contribution in [0.15, 0.2) is 24.3 Å². The van der Waals surface area contributed by atoms with Gasteiger partial charge in [0, 0.05) is 25.0 Å². The molecular weight excluding hydrogens is 288 g/mol. The van der Waals surface area contributed by atoms with Gasteiger partial charge in [0.25, 0.3) is 0 Å². The molecule has 1 N–H and O–H groups in total. The van der Waals surface area contributed by atoms with Crippen molar-refractivity contribution in [3.63, 3.8) is 0 Å². The summed E-state index contributed by atoms with van der Waals surface area (Å²) in [6.45, 7) is 6.69. The van der Waals surface area contributed by atoms with Crippen LogP contribution in [0.5, 0.6) is 0 Å². The van der Waals surface area contributed by atoms with Gasteiger partial charge in [-0.05, 0) is 24.0 Å². The highest BCUT2D eigenvalue weighted by molar-refractivity contribution is 6.31. The highest BCUT2D eigenvalue weighted by Crippen LogP contribution is 2.17. The van der Waals surface area contributed by atoms with E-state index in [4.69, 9.17) is 11.6 Å². The van der Waals surface area contributed by atoms with Crippen LogP contribution in [0.1, 0.15) is 32.8 Å². The summed E-state index contributed by atoms with van der Waals surface area (Å²) in [4.78, 5) is 25.0. The van der Waals surface area contributed by atoms with E-state index in [0.29, 0.717) is 24.0 Å². The van der Waals surface area contributed by atoms with Crippen molar-refractivity contribution in [2.24, 2.45) is 5.92 Å². The fraction of sp³-hybridized carbons (Fsp3) is 0.500. The maximum atomic E-state index is 11.9. The van der Waals surface area contributed by atoms with E-state index in [9.17, 15) is 9.59 Å². The predicted octanol–water partition coefficient (Wildman–Crippen LogP) is 2.85. The summed E-state index contributed by atoms with van der Waals surface area (Å²) in [5.41, 5.74) is 0.837. The zero-order valence-electron chi connectivity index (χ0n) is 12.9. The summed E-state index contributed by atoms with van der Waals surface area (Å²) in [5, 5.41) is 3.43. The van der Waals surface area contributed by atoms with Crippen LogP contribution in [0.4, 0.5) is 0 Å². The molecule has 4 nitrogen and oxygen atoms in total. The first kappa shape index (κ1) is 17.5. The summed E-state index contributed by atoms with van der Waals surface area (Å²) in [6, 6.07) is 7.33. The Morgan fingerprint density at radius 3 is 2.52 bits per heavy atom. The normalized spacial score (nSPS) is 10.5. The molecular formula is C16H23ClN2O2. The largest absolute Gasteiger partial charge is 0.355 e. The van der Waals surface area contributed by atoms with Gasteiger partial charge in [-0.1, -0.05) is 43.6 Å². The number of carbonyl (C=O) groups excluding carboxylic acids is 2. The Morgan fingerprint density at radius 2 is 1.95 bits per heavy atom. The lowest BCUT2D eigenvalue weighted by Crippen LogP contribution is -2.39. The van der Waals surface area contributed by atoms with Crippen molar-refractivity contribution >= 4 is 23.4 Å². The lowest BCUT2D eigenvalue weighted by atomic mass is 10.1. The monoisotopic (exact) mass is 310 g/mol. The average molecular weight is 311 g/mol. The Kier molecular flexibility index (Phi) is 7.23. The molecule has 0 atom stereocenters. The molecule has 0 saturated carbocycles. The number of hydrogen-bond acceptors (Lipinski definition) is 2. The molecule has 0 aliphatic rings. The van der Waals surface area contributed by atoms with Crippen molar-refractivity contribution in [2.75, 3.05) is 13.1 Å². The van der Waals surface area contributed by atoms with E-state index in [1.165, 1.54) is 11.8 Å². The van der Waals surface area contributed by atoms with Gasteiger partial charge >= 0.3 is 0 Å². The van der Waals surface area contributed by atoms with Gasteiger partial charge < -0.3 is 10.2 Å². The van der Waals surface area contributed by atoms with Crippen molar-refractivity contribution in [3.05, 3.63) is 34.9 Å². The number of amides is 2. The molecule has 0 bridgehead atoms. The SMILES string of the molecule is CC(=O)N(CC(=O)NCCC(C)C)Cc1ccccc1Cl. The van der Waals surface area contributed by atoms with Crippen LogP contribution in [-0.4, -0.2) is 29.8 Å². The van der Waals surface area contributed by atoms with E-state index in [1.807, 2.05) is 18.2 Å². The summed E-state index contributed by atoms with van der Waals surface area (Å²) in [5.74, 6) is 0.254. The lowest BCUT2D eigenvalue weighted by molar-refractivity contribution is -0.134. The van der Waals surface area contributed by atoms with Crippen molar-refractivity contribution in [1.82, 2.24) is 10.2 Å². The molecule has 116 valence electrons. The minimum absolute atomic E-state index is 0.0542. The molecule has 5 heteroatoms. The Hall–Kier alpha value is -1.55. The fourth-order valence-electron chi connectivity index (χ4n) is 1.84. The van der Waals surface area contributed by atoms with E-state index in [1.54, 1.807) is 6.07 Å². The summed E-state index contributed by atoms with van der Waals surface area (Å²) in [6.07, 6.45) is 0.927. The van der Waals surface area contributed by atoms with Crippen LogP contribution in [0, 0.1) is 5.92 Å². The van der Waals surface area contributed by atoms with Gasteiger partial charge in [0.05, 0.1) is 6.54 Å². The number of halogens is 1. The topological polar surface area (TPSA) is 49.4 Å². The summed E-state index contributed by atoms with van der Waals surface area (Å²) < 4.78 is 0. The van der Waals surface area contributed by atoms with Crippen LogP contribution < -0.4 is 5.32 Å². The quantitative estimate of drug-likeness (QED) is 0.842. The van der Waals surface area contributed by atoms with Crippen LogP contribution >= 0.6 is 11.6 Å². The highest BCUT2D eigenvalue weighted by Gasteiger charge is 2.15. The molecule has 1 aromatic rings. The molecule has 0 aliphatic carbocycles. The molecule has 0 radical (unpaired) electrons. The second-order valence-corrected chi connectivity index (χ2v) is 5.91. The van der Waals surface area contributed by atoms with Gasteiger partial charge in [-0.15, -0.1) is 0 Å². The first-order valence-corrected chi connectivity index (χ1v) is 7.53. The third-order valence-corrected chi connectivity index (χ3v) is 3.51. The van der Waals surface area contributed by atoms with Crippen molar-refractivity contribution < 1.29 is 9.59 Å². The molecule has 21 heavy (non-hydrogen) atoms. The Balaban J connectivity index is 2.56. The van der Waals surface area contributed by atoms with E-state index < -0.39 is 0 Å². The zero-order chi connectivity index (χ0) is 15.8. The van der Waals surface area contributed by atoms with E-state index in [-0.39, 0.29) is 18.4 Å². The smallest absolute Gasteiger partial charge is 0.239 e. The molecule has 1 aromatic carbocycles. The third-order valence-electron chi connectivity index (χ3n) is 3.14. The number of benzene rings is 1. The molecule has 1 rings (SSSR count). The van der Waals surface area contributed by atoms with Gasteiger partial charge in [-0.2, -0.15) is 0 Å². The first-order chi connectivity index (χ1) is 9.90. The van der Waals surface area contributed by atoms with Crippen LogP contribution in [0.3, 0.4) is 0 Å². The number of carbonyl (C=O) groups is 2. The van der Waals surface area contributed by atoms with Crippen molar-refractivity contribution in [2.45, 2.75) is 33.7 Å². The lowest BCUT2D eigenvalue weighted by Gasteiger charge is -2.21. The second kappa shape index (κ2) is 8.67. The van der Waals surface area contributed by atoms with Crippen molar-refractivity contribution in [3.8, 4) is 0 Å². The maximum absolute atomic E-state index is 11.9. The van der Waals surface area contributed by atoms with Gasteiger partial charge in [-0.25, -0.2) is 0 Å². The maximum Gasteiger partial charge on any atom is 0.239 e. The van der Waals surface area contributed by atoms with Crippen LogP contribution in [0.2, 0.25) is 5.02 Å². The highest BCUT2D eigenvalue weighted by atomic mass is 35.5. The van der Waals surface area contributed by atoms with Gasteiger partial charge in [0.2, 0.25) is 11.8 Å². The predicted molar refractivity (Wildman–Crippen MR) is 85.0 cm³/mol. The van der Waals surface area contributed by atoms with E-state index in [2.05, 4.69) is 19.2 Å². The fourth-order valence-corrected chi connectivity index (χ4v) is 2.04. The van der Waals surface area contributed by atoms with Gasteiger partial charge in [0.1, 0.15) is 0 Å². The Bertz CT molecular complexity index is 489. The number of nitrogens with zero attached hydrogens (tertiary/aromatic N) is 1. The minimum atomic E-state index is -0.145. The van der Waals surface area contributed by atoms with Crippen molar-refractivity contribution in [1.29, 1.82) is 0 Å². The average Bonchev–Trinajstić information content (AvgIpc) is 2.39. The Morgan fingerprint density at radius 1 is 1.29 bits per heavy atom. The second-order valence-electron chi connectivity index (χ2n) is 5.50. The molecule has 0 saturated heterocycles. The Labute approximate surface area is 131 Å². The first-order valence-electron chi connectivity index (χ1n) is 7.15. The summed E-state index contributed by atoms with van der Waals surface area (Å²) in [7, 11) is 0. The standard InChI is InChI=1S/C16H23ClN2O2/c1-12(2)8-9-18-16(21)11-19(13(3)20)10-14-6-4-5-7-15(14)17/h4-7,12H,8-11H2,1-3H3,(H,18,21). The van der Waals surface area contributed by atoms with Gasteiger partial charge in [-0.3, -0.25) is 9.59 Å². The number of hydrogen-bond donors (Lipinski definition) is 1. The van der Waals surface area contributed by atoms with Crippen LogP contribution in [0.25, 0.3) is 0 Å². The van der Waals surface area contributed by atoms with Gasteiger partial charge in [0.15, 0.2) is 0 Å². The zero-order valence-corrected chi connectivity index (χ0v) is 13.6. The molecule has 0 aliphatic heterocycles. The summed E-state index contributed by atoms with van der Waals surface area (Å²) >= 11 is 6.09. The molecule has 2 amide bonds. The molecule has 0 unspecified atom stereocenters. The number of nitrogens with one attached hydrogen (secondary N) is 1. The minimum Gasteiger partial charge on any atom is -0.355 e. The molecule has 0 fully saturated rings. The molecule has 0 spiro atoms. The van der Waals surface area contributed by atoms with E-state index in [0.717, 1.165) is 12.0 Å². The third kappa shape index (κ3) is 6.63. The van der Waals surface area contributed by atoms with Crippen LogP contribution in [-0.2, 0) is 16.1 Å². The molecule has 0 heterocycles. The molecule has 0 aromatic heterocycles. The van der Waals surface area contributed by atoms with E-state index >= 15 is 0 Å².